The normalized spacial score (nSPS) is 20.5. The summed E-state index contributed by atoms with van der Waals surface area (Å²) >= 11 is 0. The van der Waals surface area contributed by atoms with Crippen molar-refractivity contribution < 1.29 is 19.1 Å². The lowest BCUT2D eigenvalue weighted by Gasteiger charge is -2.29. The number of nitrogens with zero attached hydrogens (tertiary/aromatic N) is 1. The van der Waals surface area contributed by atoms with Crippen LogP contribution in [0, 0.1) is 5.82 Å². The maximum absolute atomic E-state index is 13.0. The van der Waals surface area contributed by atoms with E-state index >= 15 is 0 Å². The van der Waals surface area contributed by atoms with Crippen LogP contribution in [0.4, 0.5) is 4.39 Å². The highest BCUT2D eigenvalue weighted by Gasteiger charge is 2.43. The maximum atomic E-state index is 13.0. The second kappa shape index (κ2) is 5.31. The lowest BCUT2D eigenvalue weighted by molar-refractivity contribution is -0.141. The standard InChI is InChI=1S/C16H16FNO3/c17-11-8-6-10(7-9-11)13-14(19)16(21)18(15(13)20)12-4-2-1-3-5-12/h6-9,12,19H,1-5H2. The van der Waals surface area contributed by atoms with Crippen molar-refractivity contribution in [3.8, 4) is 0 Å². The third kappa shape index (κ3) is 2.33. The van der Waals surface area contributed by atoms with Gasteiger partial charge in [-0.25, -0.2) is 4.39 Å². The van der Waals surface area contributed by atoms with Crippen molar-refractivity contribution >= 4 is 17.4 Å². The largest absolute Gasteiger partial charge is 0.502 e. The molecule has 0 spiro atoms. The quantitative estimate of drug-likeness (QED) is 0.852. The van der Waals surface area contributed by atoms with Crippen LogP contribution >= 0.6 is 0 Å². The van der Waals surface area contributed by atoms with Gasteiger partial charge in [-0.2, -0.15) is 0 Å². The van der Waals surface area contributed by atoms with Gasteiger partial charge in [-0.05, 0) is 30.5 Å². The van der Waals surface area contributed by atoms with Gasteiger partial charge < -0.3 is 5.11 Å². The van der Waals surface area contributed by atoms with E-state index in [1.807, 2.05) is 0 Å². The monoisotopic (exact) mass is 289 g/mol. The number of imide groups is 1. The van der Waals surface area contributed by atoms with E-state index in [1.165, 1.54) is 29.2 Å². The van der Waals surface area contributed by atoms with Crippen molar-refractivity contribution in [3.05, 3.63) is 41.4 Å². The molecule has 2 aliphatic rings. The summed E-state index contributed by atoms with van der Waals surface area (Å²) in [5.41, 5.74) is 0.344. The first kappa shape index (κ1) is 13.8. The third-order valence-electron chi connectivity index (χ3n) is 4.16. The SMILES string of the molecule is O=C1C(O)=C(c2ccc(F)cc2)C(=O)N1C1CCCCC1. The van der Waals surface area contributed by atoms with E-state index in [4.69, 9.17) is 0 Å². The zero-order valence-corrected chi connectivity index (χ0v) is 11.5. The van der Waals surface area contributed by atoms with Crippen LogP contribution in [0.3, 0.4) is 0 Å². The van der Waals surface area contributed by atoms with E-state index in [0.717, 1.165) is 32.1 Å². The van der Waals surface area contributed by atoms with Gasteiger partial charge in [-0.15, -0.1) is 0 Å². The number of carbonyl (C=O) groups is 2. The first-order valence-electron chi connectivity index (χ1n) is 7.16. The van der Waals surface area contributed by atoms with Gasteiger partial charge in [0.2, 0.25) is 0 Å². The van der Waals surface area contributed by atoms with Gasteiger partial charge in [-0.1, -0.05) is 31.4 Å². The van der Waals surface area contributed by atoms with Crippen molar-refractivity contribution in [2.45, 2.75) is 38.1 Å². The van der Waals surface area contributed by atoms with Crippen LogP contribution in [0.2, 0.25) is 0 Å². The smallest absolute Gasteiger partial charge is 0.296 e. The van der Waals surface area contributed by atoms with Crippen LogP contribution in [-0.4, -0.2) is 27.9 Å². The number of aliphatic hydroxyl groups excluding tert-OH is 1. The predicted molar refractivity (Wildman–Crippen MR) is 74.7 cm³/mol. The molecule has 0 bridgehead atoms. The van der Waals surface area contributed by atoms with Crippen LogP contribution in [-0.2, 0) is 9.59 Å². The first-order valence-corrected chi connectivity index (χ1v) is 7.16. The summed E-state index contributed by atoms with van der Waals surface area (Å²) in [5.74, 6) is -2.07. The van der Waals surface area contributed by atoms with Crippen molar-refractivity contribution in [2.75, 3.05) is 0 Å². The van der Waals surface area contributed by atoms with E-state index in [9.17, 15) is 19.1 Å². The summed E-state index contributed by atoms with van der Waals surface area (Å²) in [6.07, 6.45) is 4.63. The molecule has 0 unspecified atom stereocenters. The lowest BCUT2D eigenvalue weighted by atomic mass is 9.94. The van der Waals surface area contributed by atoms with Crippen molar-refractivity contribution in [2.24, 2.45) is 0 Å². The Balaban J connectivity index is 1.93. The number of benzene rings is 1. The Morgan fingerprint density at radius 1 is 1.00 bits per heavy atom. The van der Waals surface area contributed by atoms with Crippen molar-refractivity contribution in [1.82, 2.24) is 4.90 Å². The molecule has 1 aliphatic carbocycles. The average molecular weight is 289 g/mol. The van der Waals surface area contributed by atoms with Crippen LogP contribution in [0.25, 0.3) is 5.57 Å². The van der Waals surface area contributed by atoms with Gasteiger partial charge in [0.1, 0.15) is 5.82 Å². The minimum atomic E-state index is -0.633. The Kier molecular flexibility index (Phi) is 3.49. The molecule has 3 rings (SSSR count). The van der Waals surface area contributed by atoms with Gasteiger partial charge in [-0.3, -0.25) is 14.5 Å². The number of carbonyl (C=O) groups excluding carboxylic acids is 2. The highest BCUT2D eigenvalue weighted by Crippen LogP contribution is 2.33. The second-order valence-corrected chi connectivity index (χ2v) is 5.50. The van der Waals surface area contributed by atoms with E-state index in [0.29, 0.717) is 5.56 Å². The van der Waals surface area contributed by atoms with Gasteiger partial charge in [0.25, 0.3) is 11.8 Å². The molecule has 1 heterocycles. The molecule has 1 saturated carbocycles. The topological polar surface area (TPSA) is 57.6 Å². The highest BCUT2D eigenvalue weighted by atomic mass is 19.1. The van der Waals surface area contributed by atoms with Crippen LogP contribution in [0.5, 0.6) is 0 Å². The molecule has 0 atom stereocenters. The molecule has 4 nitrogen and oxygen atoms in total. The van der Waals surface area contributed by atoms with Crippen LogP contribution < -0.4 is 0 Å². The third-order valence-corrected chi connectivity index (χ3v) is 4.16. The molecule has 0 radical (unpaired) electrons. The zero-order chi connectivity index (χ0) is 15.0. The summed E-state index contributed by atoms with van der Waals surface area (Å²) < 4.78 is 13.0. The van der Waals surface area contributed by atoms with E-state index in [-0.39, 0.29) is 11.6 Å². The van der Waals surface area contributed by atoms with E-state index in [1.54, 1.807) is 0 Å². The number of rotatable bonds is 2. The van der Waals surface area contributed by atoms with E-state index < -0.39 is 23.4 Å². The molecule has 1 aromatic carbocycles. The summed E-state index contributed by atoms with van der Waals surface area (Å²) in [4.78, 5) is 25.9. The second-order valence-electron chi connectivity index (χ2n) is 5.50. The first-order chi connectivity index (χ1) is 10.1. The van der Waals surface area contributed by atoms with Crippen molar-refractivity contribution in [1.29, 1.82) is 0 Å². The summed E-state index contributed by atoms with van der Waals surface area (Å²) in [5, 5.41) is 10.0. The Labute approximate surface area is 121 Å². The molecular formula is C16H16FNO3. The Hall–Kier alpha value is -2.17. The molecule has 1 aromatic rings. The van der Waals surface area contributed by atoms with Gasteiger partial charge in [0.15, 0.2) is 5.76 Å². The van der Waals surface area contributed by atoms with Gasteiger partial charge in [0.05, 0.1) is 5.57 Å². The fourth-order valence-electron chi connectivity index (χ4n) is 3.08. The fraction of sp³-hybridized carbons (Fsp3) is 0.375. The summed E-state index contributed by atoms with van der Waals surface area (Å²) in [7, 11) is 0. The molecule has 1 aliphatic heterocycles. The molecule has 21 heavy (non-hydrogen) atoms. The number of hydrogen-bond donors (Lipinski definition) is 1. The highest BCUT2D eigenvalue weighted by molar-refractivity contribution is 6.35. The van der Waals surface area contributed by atoms with Crippen LogP contribution in [0.1, 0.15) is 37.7 Å². The summed E-state index contributed by atoms with van der Waals surface area (Å²) in [6, 6.07) is 5.07. The molecule has 0 saturated heterocycles. The molecule has 0 aromatic heterocycles. The Morgan fingerprint density at radius 3 is 2.24 bits per heavy atom. The molecular weight excluding hydrogens is 273 g/mol. The predicted octanol–water partition coefficient (Wildman–Crippen LogP) is 2.80. The minimum absolute atomic E-state index is 0.0226. The van der Waals surface area contributed by atoms with Gasteiger partial charge >= 0.3 is 0 Å². The van der Waals surface area contributed by atoms with E-state index in [2.05, 4.69) is 0 Å². The fourth-order valence-corrected chi connectivity index (χ4v) is 3.08. The Morgan fingerprint density at radius 2 is 1.62 bits per heavy atom. The number of aliphatic hydroxyl groups is 1. The number of amides is 2. The molecule has 5 heteroatoms. The maximum Gasteiger partial charge on any atom is 0.296 e. The van der Waals surface area contributed by atoms with Gasteiger partial charge in [0, 0.05) is 6.04 Å². The molecule has 1 fully saturated rings. The lowest BCUT2D eigenvalue weighted by Crippen LogP contribution is -2.42. The molecule has 1 N–H and O–H groups in total. The molecule has 110 valence electrons. The Bertz CT molecular complexity index is 615. The molecule has 2 amide bonds. The summed E-state index contributed by atoms with van der Waals surface area (Å²) in [6.45, 7) is 0. The minimum Gasteiger partial charge on any atom is -0.502 e. The average Bonchev–Trinajstić information content (AvgIpc) is 2.72. The van der Waals surface area contributed by atoms with Crippen molar-refractivity contribution in [3.63, 3.8) is 0 Å². The number of halogens is 1. The zero-order valence-electron chi connectivity index (χ0n) is 11.5. The van der Waals surface area contributed by atoms with Crippen LogP contribution in [0.15, 0.2) is 30.0 Å². The number of hydrogen-bond acceptors (Lipinski definition) is 3.